The van der Waals surface area contributed by atoms with Crippen LogP contribution in [0.5, 0.6) is 0 Å². The van der Waals surface area contributed by atoms with Gasteiger partial charge in [-0.05, 0) is 32.2 Å². The average Bonchev–Trinajstić information content (AvgIpc) is 2.14. The highest BCUT2D eigenvalue weighted by atomic mass is 14.9. The quantitative estimate of drug-likeness (QED) is 0.590. The van der Waals surface area contributed by atoms with Crippen molar-refractivity contribution in [1.82, 2.24) is 5.32 Å². The van der Waals surface area contributed by atoms with Crippen LogP contribution >= 0.6 is 0 Å². The van der Waals surface area contributed by atoms with Crippen LogP contribution in [0.3, 0.4) is 0 Å². The number of rotatable bonds is 1. The zero-order valence-corrected chi connectivity index (χ0v) is 7.19. The van der Waals surface area contributed by atoms with Crippen LogP contribution in [0.1, 0.15) is 39.5 Å². The fourth-order valence-corrected chi connectivity index (χ4v) is 1.63. The Bertz CT molecular complexity index is 90.7. The molecule has 0 aliphatic carbocycles. The van der Waals surface area contributed by atoms with Crippen molar-refractivity contribution < 1.29 is 0 Å². The van der Waals surface area contributed by atoms with Crippen molar-refractivity contribution in [3.63, 3.8) is 0 Å². The topological polar surface area (TPSA) is 12.0 Å². The van der Waals surface area contributed by atoms with Crippen molar-refractivity contribution in [2.45, 2.75) is 45.6 Å². The van der Waals surface area contributed by atoms with Gasteiger partial charge in [0.2, 0.25) is 0 Å². The first kappa shape index (κ1) is 8.06. The molecule has 0 amide bonds. The van der Waals surface area contributed by atoms with Crippen molar-refractivity contribution in [1.29, 1.82) is 0 Å². The van der Waals surface area contributed by atoms with Crippen LogP contribution in [0, 0.1) is 5.92 Å². The van der Waals surface area contributed by atoms with Gasteiger partial charge in [-0.1, -0.05) is 19.8 Å². The predicted octanol–water partition coefficient (Wildman–Crippen LogP) is 2.17. The van der Waals surface area contributed by atoms with Crippen LogP contribution in [0.4, 0.5) is 0 Å². The first-order valence-corrected chi connectivity index (χ1v) is 4.56. The van der Waals surface area contributed by atoms with Gasteiger partial charge in [-0.15, -0.1) is 0 Å². The molecule has 1 saturated heterocycles. The largest absolute Gasteiger partial charge is 0.314 e. The Hall–Kier alpha value is -0.0400. The zero-order valence-electron chi connectivity index (χ0n) is 7.19. The third kappa shape index (κ3) is 2.30. The van der Waals surface area contributed by atoms with Crippen LogP contribution in [-0.2, 0) is 0 Å². The first-order valence-electron chi connectivity index (χ1n) is 4.56. The second-order valence-corrected chi connectivity index (χ2v) is 3.51. The standard InChI is InChI=1S/C9H19N/c1-3-9-6-4-5-8(2)10-7-9/h8-10H,3-7H2,1-2H3/t8-,9-/m1/s1. The van der Waals surface area contributed by atoms with Gasteiger partial charge in [0.05, 0.1) is 0 Å². The number of nitrogens with one attached hydrogen (secondary N) is 1. The molecular formula is C9H19N. The molecule has 0 aromatic rings. The van der Waals surface area contributed by atoms with Crippen molar-refractivity contribution >= 4 is 0 Å². The molecule has 2 atom stereocenters. The van der Waals surface area contributed by atoms with Crippen molar-refractivity contribution in [2.75, 3.05) is 6.54 Å². The van der Waals surface area contributed by atoms with Gasteiger partial charge in [0.25, 0.3) is 0 Å². The van der Waals surface area contributed by atoms with Crippen LogP contribution in [0.15, 0.2) is 0 Å². The highest BCUT2D eigenvalue weighted by molar-refractivity contribution is 4.71. The van der Waals surface area contributed by atoms with E-state index in [1.54, 1.807) is 0 Å². The first-order chi connectivity index (χ1) is 4.83. The lowest BCUT2D eigenvalue weighted by Crippen LogP contribution is -2.27. The molecule has 0 unspecified atom stereocenters. The highest BCUT2D eigenvalue weighted by Gasteiger charge is 2.12. The number of hydrogen-bond acceptors (Lipinski definition) is 1. The SMILES string of the molecule is CC[C@@H]1CCC[C@@H](C)NC1. The van der Waals surface area contributed by atoms with Crippen molar-refractivity contribution in [3.8, 4) is 0 Å². The molecule has 1 N–H and O–H groups in total. The summed E-state index contributed by atoms with van der Waals surface area (Å²) in [7, 11) is 0. The smallest absolute Gasteiger partial charge is 0.00388 e. The Morgan fingerprint density at radius 2 is 2.20 bits per heavy atom. The van der Waals surface area contributed by atoms with E-state index >= 15 is 0 Å². The maximum Gasteiger partial charge on any atom is 0.00388 e. The molecule has 1 fully saturated rings. The molecule has 1 heteroatoms. The second kappa shape index (κ2) is 3.97. The molecule has 0 aromatic heterocycles. The molecule has 0 bridgehead atoms. The van der Waals surface area contributed by atoms with Gasteiger partial charge in [-0.25, -0.2) is 0 Å². The van der Waals surface area contributed by atoms with Gasteiger partial charge in [0, 0.05) is 6.04 Å². The Labute approximate surface area is 64.2 Å². The lowest BCUT2D eigenvalue weighted by molar-refractivity contribution is 0.455. The van der Waals surface area contributed by atoms with Crippen LogP contribution in [0.2, 0.25) is 0 Å². The summed E-state index contributed by atoms with van der Waals surface area (Å²) in [6, 6.07) is 0.761. The van der Waals surface area contributed by atoms with Gasteiger partial charge in [-0.3, -0.25) is 0 Å². The average molecular weight is 141 g/mol. The van der Waals surface area contributed by atoms with Crippen LogP contribution < -0.4 is 5.32 Å². The maximum atomic E-state index is 3.55. The van der Waals surface area contributed by atoms with E-state index in [-0.39, 0.29) is 0 Å². The molecule has 0 spiro atoms. The van der Waals surface area contributed by atoms with Gasteiger partial charge in [0.1, 0.15) is 0 Å². The van der Waals surface area contributed by atoms with Gasteiger partial charge >= 0.3 is 0 Å². The fraction of sp³-hybridized carbons (Fsp3) is 1.00. The molecule has 1 aliphatic rings. The van der Waals surface area contributed by atoms with E-state index in [4.69, 9.17) is 0 Å². The van der Waals surface area contributed by atoms with E-state index in [0.29, 0.717) is 0 Å². The lowest BCUT2D eigenvalue weighted by atomic mass is 10.0. The van der Waals surface area contributed by atoms with Gasteiger partial charge in [-0.2, -0.15) is 0 Å². The highest BCUT2D eigenvalue weighted by Crippen LogP contribution is 2.16. The van der Waals surface area contributed by atoms with E-state index in [1.165, 1.54) is 32.2 Å². The van der Waals surface area contributed by atoms with Crippen LogP contribution in [-0.4, -0.2) is 12.6 Å². The monoisotopic (exact) mass is 141 g/mol. The minimum absolute atomic E-state index is 0.761. The summed E-state index contributed by atoms with van der Waals surface area (Å²) in [6.45, 7) is 5.83. The van der Waals surface area contributed by atoms with E-state index < -0.39 is 0 Å². The summed E-state index contributed by atoms with van der Waals surface area (Å²) in [5, 5.41) is 3.55. The second-order valence-electron chi connectivity index (χ2n) is 3.51. The Kier molecular flexibility index (Phi) is 3.20. The van der Waals surface area contributed by atoms with E-state index in [0.717, 1.165) is 12.0 Å². The minimum atomic E-state index is 0.761. The van der Waals surface area contributed by atoms with Gasteiger partial charge < -0.3 is 5.32 Å². The summed E-state index contributed by atoms with van der Waals surface area (Å²) in [5.41, 5.74) is 0. The summed E-state index contributed by atoms with van der Waals surface area (Å²) < 4.78 is 0. The lowest BCUT2D eigenvalue weighted by Gasteiger charge is -2.11. The third-order valence-corrected chi connectivity index (χ3v) is 2.58. The molecule has 1 nitrogen and oxygen atoms in total. The summed E-state index contributed by atoms with van der Waals surface area (Å²) >= 11 is 0. The van der Waals surface area contributed by atoms with Crippen LogP contribution in [0.25, 0.3) is 0 Å². The molecule has 60 valence electrons. The molecule has 10 heavy (non-hydrogen) atoms. The number of hydrogen-bond donors (Lipinski definition) is 1. The third-order valence-electron chi connectivity index (χ3n) is 2.58. The molecule has 1 rings (SSSR count). The Morgan fingerprint density at radius 3 is 2.90 bits per heavy atom. The molecule has 0 saturated carbocycles. The Balaban J connectivity index is 2.26. The van der Waals surface area contributed by atoms with Crippen molar-refractivity contribution in [2.24, 2.45) is 5.92 Å². The molecule has 1 aliphatic heterocycles. The molecule has 0 aromatic carbocycles. The summed E-state index contributed by atoms with van der Waals surface area (Å²) in [5.74, 6) is 0.949. The predicted molar refractivity (Wildman–Crippen MR) is 45.1 cm³/mol. The molecule has 0 radical (unpaired) electrons. The zero-order chi connectivity index (χ0) is 7.40. The Morgan fingerprint density at radius 1 is 1.40 bits per heavy atom. The van der Waals surface area contributed by atoms with E-state index in [9.17, 15) is 0 Å². The summed E-state index contributed by atoms with van der Waals surface area (Å²) in [6.07, 6.45) is 5.58. The fourth-order valence-electron chi connectivity index (χ4n) is 1.63. The van der Waals surface area contributed by atoms with E-state index in [1.807, 2.05) is 0 Å². The molecular weight excluding hydrogens is 122 g/mol. The van der Waals surface area contributed by atoms with Gasteiger partial charge in [0.15, 0.2) is 0 Å². The summed E-state index contributed by atoms with van der Waals surface area (Å²) in [4.78, 5) is 0. The molecule has 1 heterocycles. The normalized spacial score (nSPS) is 35.4. The minimum Gasteiger partial charge on any atom is -0.314 e. The van der Waals surface area contributed by atoms with E-state index in [2.05, 4.69) is 19.2 Å². The van der Waals surface area contributed by atoms with Crippen molar-refractivity contribution in [3.05, 3.63) is 0 Å². The maximum absolute atomic E-state index is 3.55.